The third-order valence-corrected chi connectivity index (χ3v) is 1.83. The normalized spacial score (nSPS) is 12.8. The number of nitrogens with zero attached hydrogens (tertiary/aromatic N) is 1. The fourth-order valence-electron chi connectivity index (χ4n) is 0.698. The summed E-state index contributed by atoms with van der Waals surface area (Å²) in [7, 11) is 0. The van der Waals surface area contributed by atoms with Gasteiger partial charge in [0.1, 0.15) is 0 Å². The molecule has 0 saturated carbocycles. The summed E-state index contributed by atoms with van der Waals surface area (Å²) in [6.45, 7) is 0. The zero-order valence-electron chi connectivity index (χ0n) is 5.73. The van der Waals surface area contributed by atoms with Crippen LogP contribution in [0.25, 0.3) is 0 Å². The van der Waals surface area contributed by atoms with Gasteiger partial charge in [0, 0.05) is 5.38 Å². The molecule has 0 spiro atoms. The number of carbonyl (C=O) groups is 1. The van der Waals surface area contributed by atoms with Gasteiger partial charge in [-0.3, -0.25) is 4.79 Å². The van der Waals surface area contributed by atoms with E-state index in [0.717, 1.165) is 0 Å². The van der Waals surface area contributed by atoms with Gasteiger partial charge in [-0.25, -0.2) is 4.98 Å². The smallest absolute Gasteiger partial charge is 0.305 e. The maximum atomic E-state index is 10.2. The third-order valence-electron chi connectivity index (χ3n) is 1.23. The van der Waals surface area contributed by atoms with Crippen LogP contribution < -0.4 is 5.73 Å². The van der Waals surface area contributed by atoms with Crippen LogP contribution in [-0.2, 0) is 4.79 Å². The third kappa shape index (κ3) is 2.28. The van der Waals surface area contributed by atoms with Crippen LogP contribution in [0.5, 0.6) is 0 Å². The van der Waals surface area contributed by atoms with Crippen LogP contribution in [0.3, 0.4) is 0 Å². The minimum Gasteiger partial charge on any atom is -0.481 e. The van der Waals surface area contributed by atoms with E-state index in [1.807, 2.05) is 0 Å². The highest BCUT2D eigenvalue weighted by Crippen LogP contribution is 2.12. The summed E-state index contributed by atoms with van der Waals surface area (Å²) in [5, 5.41) is 10.1. The number of carboxylic acids is 1. The van der Waals surface area contributed by atoms with E-state index < -0.39 is 12.0 Å². The van der Waals surface area contributed by atoms with Crippen LogP contribution in [0, 0.1) is 0 Å². The number of hydrogen-bond donors (Lipinski definition) is 2. The summed E-state index contributed by atoms with van der Waals surface area (Å²) >= 11 is 1.41. The van der Waals surface area contributed by atoms with Crippen molar-refractivity contribution >= 4 is 17.3 Å². The lowest BCUT2D eigenvalue weighted by Crippen LogP contribution is -2.15. The first-order valence-corrected chi connectivity index (χ1v) is 4.00. The average Bonchev–Trinajstić information content (AvgIpc) is 2.35. The first-order chi connectivity index (χ1) is 5.20. The molecular formula is C6H8N2O2S. The Hall–Kier alpha value is -0.940. The number of aromatic nitrogens is 1. The van der Waals surface area contributed by atoms with Crippen LogP contribution in [-0.4, -0.2) is 16.1 Å². The Morgan fingerprint density at radius 3 is 3.09 bits per heavy atom. The molecule has 1 aromatic heterocycles. The molecule has 1 aromatic rings. The topological polar surface area (TPSA) is 76.2 Å². The monoisotopic (exact) mass is 172 g/mol. The lowest BCUT2D eigenvalue weighted by Gasteiger charge is -2.03. The molecule has 5 heteroatoms. The molecule has 0 saturated heterocycles. The number of hydrogen-bond acceptors (Lipinski definition) is 4. The van der Waals surface area contributed by atoms with Gasteiger partial charge >= 0.3 is 5.97 Å². The van der Waals surface area contributed by atoms with Gasteiger partial charge in [-0.1, -0.05) is 0 Å². The summed E-state index contributed by atoms with van der Waals surface area (Å²) in [6.07, 6.45) is -0.0657. The molecule has 0 unspecified atom stereocenters. The Bertz CT molecular complexity index is 235. The molecule has 0 amide bonds. The molecule has 0 aromatic carbocycles. The van der Waals surface area contributed by atoms with Crippen molar-refractivity contribution in [1.29, 1.82) is 0 Å². The second kappa shape index (κ2) is 3.45. The average molecular weight is 172 g/mol. The zero-order valence-corrected chi connectivity index (χ0v) is 6.54. The lowest BCUT2D eigenvalue weighted by atomic mass is 10.2. The first-order valence-electron chi connectivity index (χ1n) is 3.05. The Morgan fingerprint density at radius 1 is 1.91 bits per heavy atom. The molecule has 1 rings (SSSR count). The summed E-state index contributed by atoms with van der Waals surface area (Å²) in [6, 6.07) is -0.473. The van der Waals surface area contributed by atoms with Crippen molar-refractivity contribution in [3.8, 4) is 0 Å². The van der Waals surface area contributed by atoms with Crippen LogP contribution in [0.15, 0.2) is 10.9 Å². The van der Waals surface area contributed by atoms with E-state index in [9.17, 15) is 4.79 Å². The second-order valence-electron chi connectivity index (χ2n) is 2.12. The molecule has 11 heavy (non-hydrogen) atoms. The molecule has 0 radical (unpaired) electrons. The van der Waals surface area contributed by atoms with Gasteiger partial charge in [0.2, 0.25) is 0 Å². The van der Waals surface area contributed by atoms with E-state index in [0.29, 0.717) is 5.69 Å². The highest BCUT2D eigenvalue weighted by Gasteiger charge is 2.11. The molecular weight excluding hydrogens is 164 g/mol. The van der Waals surface area contributed by atoms with Gasteiger partial charge in [0.05, 0.1) is 23.7 Å². The van der Waals surface area contributed by atoms with Crippen molar-refractivity contribution < 1.29 is 9.90 Å². The van der Waals surface area contributed by atoms with Crippen molar-refractivity contribution in [1.82, 2.24) is 4.98 Å². The summed E-state index contributed by atoms with van der Waals surface area (Å²) in [5.74, 6) is -0.898. The van der Waals surface area contributed by atoms with Gasteiger partial charge in [-0.2, -0.15) is 0 Å². The van der Waals surface area contributed by atoms with Gasteiger partial charge in [0.15, 0.2) is 0 Å². The Kier molecular flexibility index (Phi) is 2.56. The van der Waals surface area contributed by atoms with Crippen molar-refractivity contribution in [3.63, 3.8) is 0 Å². The number of thiazole rings is 1. The van der Waals surface area contributed by atoms with Crippen LogP contribution in [0.4, 0.5) is 0 Å². The van der Waals surface area contributed by atoms with Crippen molar-refractivity contribution in [2.45, 2.75) is 12.5 Å². The number of nitrogens with two attached hydrogens (primary N) is 1. The predicted molar refractivity (Wildman–Crippen MR) is 41.3 cm³/mol. The SMILES string of the molecule is N[C@@H](CC(=O)O)c1cscn1. The van der Waals surface area contributed by atoms with Gasteiger partial charge in [-0.05, 0) is 0 Å². The number of rotatable bonds is 3. The van der Waals surface area contributed by atoms with Crippen molar-refractivity contribution in [3.05, 3.63) is 16.6 Å². The Morgan fingerprint density at radius 2 is 2.64 bits per heavy atom. The van der Waals surface area contributed by atoms with Gasteiger partial charge in [-0.15, -0.1) is 11.3 Å². The minimum absolute atomic E-state index is 0.0657. The fraction of sp³-hybridized carbons (Fsp3) is 0.333. The van der Waals surface area contributed by atoms with Crippen LogP contribution in [0.1, 0.15) is 18.2 Å². The van der Waals surface area contributed by atoms with Gasteiger partial charge < -0.3 is 10.8 Å². The minimum atomic E-state index is -0.898. The van der Waals surface area contributed by atoms with E-state index in [-0.39, 0.29) is 6.42 Å². The largest absolute Gasteiger partial charge is 0.481 e. The molecule has 0 bridgehead atoms. The van der Waals surface area contributed by atoms with Crippen LogP contribution in [0.2, 0.25) is 0 Å². The Labute approximate surface area is 67.7 Å². The number of aliphatic carboxylic acids is 1. The maximum Gasteiger partial charge on any atom is 0.305 e. The summed E-state index contributed by atoms with van der Waals surface area (Å²) in [5.41, 5.74) is 7.79. The fourth-order valence-corrected chi connectivity index (χ4v) is 1.32. The van der Waals surface area contributed by atoms with E-state index in [1.54, 1.807) is 10.9 Å². The summed E-state index contributed by atoms with van der Waals surface area (Å²) in [4.78, 5) is 14.1. The molecule has 4 nitrogen and oxygen atoms in total. The molecule has 0 aliphatic heterocycles. The molecule has 3 N–H and O–H groups in total. The second-order valence-corrected chi connectivity index (χ2v) is 2.84. The lowest BCUT2D eigenvalue weighted by molar-refractivity contribution is -0.137. The van der Waals surface area contributed by atoms with E-state index in [4.69, 9.17) is 10.8 Å². The van der Waals surface area contributed by atoms with E-state index in [1.165, 1.54) is 11.3 Å². The van der Waals surface area contributed by atoms with Gasteiger partial charge in [0.25, 0.3) is 0 Å². The first kappa shape index (κ1) is 8.16. The molecule has 0 aliphatic carbocycles. The quantitative estimate of drug-likeness (QED) is 0.700. The number of carboxylic acid groups (broad SMARTS) is 1. The maximum absolute atomic E-state index is 10.2. The predicted octanol–water partition coefficient (Wildman–Crippen LogP) is 0.618. The molecule has 1 atom stereocenters. The van der Waals surface area contributed by atoms with Crippen molar-refractivity contribution in [2.24, 2.45) is 5.73 Å². The molecule has 0 fully saturated rings. The highest BCUT2D eigenvalue weighted by atomic mass is 32.1. The summed E-state index contributed by atoms with van der Waals surface area (Å²) < 4.78 is 0. The molecule has 0 aliphatic rings. The standard InChI is InChI=1S/C6H8N2O2S/c7-4(1-6(9)10)5-2-11-3-8-5/h2-4H,1,7H2,(H,9,10)/t4-/m0/s1. The zero-order chi connectivity index (χ0) is 8.27. The van der Waals surface area contributed by atoms with Crippen LogP contribution >= 0.6 is 11.3 Å². The van der Waals surface area contributed by atoms with Crippen molar-refractivity contribution in [2.75, 3.05) is 0 Å². The van der Waals surface area contributed by atoms with E-state index >= 15 is 0 Å². The molecule has 1 heterocycles. The van der Waals surface area contributed by atoms with E-state index in [2.05, 4.69) is 4.98 Å². The highest BCUT2D eigenvalue weighted by molar-refractivity contribution is 7.07. The Balaban J connectivity index is 2.56. The molecule has 60 valence electrons.